The second-order valence-corrected chi connectivity index (χ2v) is 27.6. The van der Waals surface area contributed by atoms with Crippen LogP contribution in [-0.2, 0) is 73.0 Å². The third-order valence-electron chi connectivity index (χ3n) is 13.4. The fourth-order valence-corrected chi connectivity index (χ4v) is 11.2. The number of ether oxygens (including phenoxy) is 2. The van der Waals surface area contributed by atoms with Crippen molar-refractivity contribution < 1.29 is 83.7 Å². The fraction of sp³-hybridized carbons (Fsp3) is 0.333. The Balaban J connectivity index is 0.000000273. The van der Waals surface area contributed by atoms with Crippen LogP contribution < -0.4 is 18.9 Å². The minimum atomic E-state index is -3.29. The summed E-state index contributed by atoms with van der Waals surface area (Å²) in [4.78, 5) is 43.0. The molecule has 0 unspecified atom stereocenters. The number of benzene rings is 3. The van der Waals surface area contributed by atoms with Gasteiger partial charge in [-0.25, -0.2) is 25.3 Å². The van der Waals surface area contributed by atoms with E-state index >= 15 is 0 Å². The van der Waals surface area contributed by atoms with E-state index < -0.39 is 35.5 Å². The van der Waals surface area contributed by atoms with Crippen molar-refractivity contribution in [1.29, 1.82) is 0 Å². The number of carboxylic acids is 1. The van der Waals surface area contributed by atoms with Crippen LogP contribution in [0.2, 0.25) is 0 Å². The number of H-pyrrole nitrogens is 1. The first-order valence-electron chi connectivity index (χ1n) is 27.9. The Morgan fingerprint density at radius 3 is 1.31 bits per heavy atom. The van der Waals surface area contributed by atoms with E-state index in [1.807, 2.05) is 132 Å². The number of hydrogen-bond donors (Lipinski definition) is 3. The molecule has 90 heavy (non-hydrogen) atoms. The SMILES string of the molecule is CCOC(=O)Cn1nc(C)cc1C1=CC=C(c2cccc(S(C)(=O)=O)c2)C1.CN(C)CCO.Cc1cc(-c2ccc(-c3cccc(S(C)(=O)=O)c3)[nH]2)n(CC(=O)OCCN(C)C)n1.Cc1cc(C2=CC=C(c3cccc(S(C)(=O)=O)c3)C2)n(CC(=O)O)n1.[Li+].[OH-]. The summed E-state index contributed by atoms with van der Waals surface area (Å²) in [5, 5.41) is 30.3. The van der Waals surface area contributed by atoms with E-state index in [1.54, 1.807) is 70.9 Å². The average molecular weight is 1290 g/mol. The molecule has 3 aromatic carbocycles. The van der Waals surface area contributed by atoms with Crippen LogP contribution in [0.4, 0.5) is 0 Å². The molecule has 4 aromatic heterocycles. The van der Waals surface area contributed by atoms with Crippen LogP contribution in [0.25, 0.3) is 44.9 Å². The molecule has 0 amide bonds. The Labute approximate surface area is 538 Å². The summed E-state index contributed by atoms with van der Waals surface area (Å²) in [5.41, 5.74) is 12.8. The number of hydrogen-bond acceptors (Lipinski definition) is 18. The minimum absolute atomic E-state index is 0. The number of aromatic amines is 1. The third kappa shape index (κ3) is 22.0. The number of sulfone groups is 3. The number of aromatic nitrogens is 7. The molecule has 4 N–H and O–H groups in total. The van der Waals surface area contributed by atoms with Gasteiger partial charge in [0.15, 0.2) is 29.5 Å². The van der Waals surface area contributed by atoms with E-state index in [0.29, 0.717) is 37.5 Å². The van der Waals surface area contributed by atoms with Gasteiger partial charge in [-0.1, -0.05) is 60.7 Å². The first-order valence-corrected chi connectivity index (χ1v) is 33.6. The number of carbonyl (C=O) groups excluding carboxylic acids is 2. The summed E-state index contributed by atoms with van der Waals surface area (Å²) >= 11 is 0. The number of esters is 2. The van der Waals surface area contributed by atoms with Gasteiger partial charge in [-0.05, 0) is 162 Å². The number of allylic oxidation sites excluding steroid dienone is 8. The van der Waals surface area contributed by atoms with Crippen molar-refractivity contribution >= 4 is 69.7 Å². The molecule has 0 saturated carbocycles. The molecule has 2 aliphatic rings. The van der Waals surface area contributed by atoms with Gasteiger partial charge in [-0.2, -0.15) is 15.3 Å². The standard InChI is InChI=1S/C21H26N4O4S.C20H22N2O4S.C18H18N2O4S.C4H11NO.Li.H2O/c1-15-12-20(25(23-15)14-21(26)29-11-10-24(2)3)19-9-8-18(22-19)16-6-5-7-17(13-16)30(4,27)28;1-4-26-20(23)13-22-19(10-14(2)21-22)17-9-8-16(11-17)15-6-5-7-18(12-15)27(3,24)25;1-12-8-17(20(19-12)11-18(21)22)15-7-6-14(9-15)13-4-3-5-16(10-13)25(2,23)24;1-5(2)3-4-6;;/h5-9,12-13,22H,10-11,14H2,1-4H3;5-10,12H,4,11,13H2,1-3H3;3-8,10H,9,11H2,1-2H3,(H,21,22);6H,3-4H2,1-2H3;;1H2/q;;;;+1;/p-1. The summed E-state index contributed by atoms with van der Waals surface area (Å²) in [5.74, 6) is -1.62. The van der Waals surface area contributed by atoms with Gasteiger partial charge in [-0.15, -0.1) is 0 Å². The van der Waals surface area contributed by atoms with Gasteiger partial charge in [-0.3, -0.25) is 28.4 Å². The maximum Gasteiger partial charge on any atom is 1.00 e. The molecule has 4 heterocycles. The average Bonchev–Trinajstić information content (AvgIpc) is 2.12. The normalized spacial score (nSPS) is 12.8. The molecule has 7 aromatic rings. The molecule has 9 rings (SSSR count). The first kappa shape index (κ1) is 74.7. The van der Waals surface area contributed by atoms with Gasteiger partial charge in [0.1, 0.15) is 26.2 Å². The second-order valence-electron chi connectivity index (χ2n) is 21.5. The van der Waals surface area contributed by atoms with E-state index in [0.717, 1.165) is 91.1 Å². The molecule has 2 aliphatic carbocycles. The van der Waals surface area contributed by atoms with Crippen LogP contribution in [0.1, 0.15) is 59.4 Å². The van der Waals surface area contributed by atoms with Crippen LogP contribution in [0.5, 0.6) is 0 Å². The summed E-state index contributed by atoms with van der Waals surface area (Å²) in [7, 11) is -2.12. The first-order chi connectivity index (χ1) is 41.4. The number of carbonyl (C=O) groups is 3. The van der Waals surface area contributed by atoms with Crippen LogP contribution in [0.15, 0.2) is 142 Å². The zero-order chi connectivity index (χ0) is 64.7. The van der Waals surface area contributed by atoms with Crippen molar-refractivity contribution in [3.8, 4) is 22.6 Å². The largest absolute Gasteiger partial charge is 1.00 e. The third-order valence-corrected chi connectivity index (χ3v) is 16.7. The number of aliphatic carboxylic acids is 1. The van der Waals surface area contributed by atoms with E-state index in [9.17, 15) is 39.6 Å². The second kappa shape index (κ2) is 33.3. The number of nitrogens with zero attached hydrogens (tertiary/aromatic N) is 8. The van der Waals surface area contributed by atoms with E-state index in [4.69, 9.17) is 19.7 Å². The number of rotatable bonds is 21. The molecule has 0 fully saturated rings. The van der Waals surface area contributed by atoms with Gasteiger partial charge in [0.2, 0.25) is 0 Å². The zero-order valence-corrected chi connectivity index (χ0v) is 55.3. The van der Waals surface area contributed by atoms with Gasteiger partial charge >= 0.3 is 36.8 Å². The zero-order valence-electron chi connectivity index (χ0n) is 52.8. The molecule has 0 bridgehead atoms. The Hall–Kier alpha value is -7.77. The molecular formula is C63H78LiN9O14S3. The number of aryl methyl sites for hydroxylation is 3. The van der Waals surface area contributed by atoms with Crippen LogP contribution in [0.3, 0.4) is 0 Å². The summed E-state index contributed by atoms with van der Waals surface area (Å²) in [6.07, 6.45) is 12.6. The molecule has 0 spiro atoms. The van der Waals surface area contributed by atoms with Gasteiger partial charge in [0.05, 0.1) is 67.8 Å². The molecule has 27 heteroatoms. The minimum Gasteiger partial charge on any atom is -0.870 e. The van der Waals surface area contributed by atoms with Crippen LogP contribution in [-0.4, -0.2) is 183 Å². The quantitative estimate of drug-likeness (QED) is 0.0667. The predicted molar refractivity (Wildman–Crippen MR) is 341 cm³/mol. The smallest absolute Gasteiger partial charge is 0.870 e. The van der Waals surface area contributed by atoms with Gasteiger partial charge < -0.3 is 39.9 Å². The van der Waals surface area contributed by atoms with Crippen molar-refractivity contribution in [3.05, 3.63) is 167 Å². The molecular weight excluding hydrogens is 1210 g/mol. The van der Waals surface area contributed by atoms with Crippen molar-refractivity contribution in [3.63, 3.8) is 0 Å². The molecule has 0 radical (unpaired) electrons. The Kier molecular flexibility index (Phi) is 27.7. The molecule has 0 aliphatic heterocycles. The molecule has 0 atom stereocenters. The molecule has 0 saturated heterocycles. The van der Waals surface area contributed by atoms with Crippen molar-refractivity contribution in [1.82, 2.24) is 44.1 Å². The maximum atomic E-state index is 12.2. The molecule has 478 valence electrons. The number of nitrogens with one attached hydrogen (secondary N) is 1. The van der Waals surface area contributed by atoms with E-state index in [1.165, 1.54) is 23.4 Å². The maximum absolute atomic E-state index is 12.2. The summed E-state index contributed by atoms with van der Waals surface area (Å²) < 4.78 is 85.8. The van der Waals surface area contributed by atoms with Gasteiger partial charge in [0, 0.05) is 50.4 Å². The number of aliphatic hydroxyl groups excluding tert-OH is 1. The van der Waals surface area contributed by atoms with Gasteiger partial charge in [0.25, 0.3) is 0 Å². The van der Waals surface area contributed by atoms with E-state index in [-0.39, 0.29) is 72.3 Å². The summed E-state index contributed by atoms with van der Waals surface area (Å²) in [6.45, 7) is 9.54. The number of likely N-dealkylation sites (N-methyl/N-ethyl adjacent to an activating group) is 2. The topological polar surface area (TPSA) is 318 Å². The number of aliphatic hydroxyl groups is 1. The fourth-order valence-electron chi connectivity index (χ4n) is 9.16. The summed E-state index contributed by atoms with van der Waals surface area (Å²) in [6, 6.07) is 30.0. The predicted octanol–water partition coefficient (Wildman–Crippen LogP) is 4.31. The molecule has 23 nitrogen and oxygen atoms in total. The van der Waals surface area contributed by atoms with Crippen LogP contribution in [0, 0.1) is 20.8 Å². The number of carboxylic acid groups (broad SMARTS) is 1. The Morgan fingerprint density at radius 1 is 0.533 bits per heavy atom. The van der Waals surface area contributed by atoms with Crippen molar-refractivity contribution in [2.45, 2.75) is 74.9 Å². The van der Waals surface area contributed by atoms with E-state index in [2.05, 4.69) is 20.3 Å². The van der Waals surface area contributed by atoms with Crippen LogP contribution >= 0.6 is 0 Å². The Morgan fingerprint density at radius 2 is 0.911 bits per heavy atom. The van der Waals surface area contributed by atoms with Crippen molar-refractivity contribution in [2.75, 3.05) is 79.9 Å². The van der Waals surface area contributed by atoms with Crippen molar-refractivity contribution in [2.24, 2.45) is 0 Å². The Bertz CT molecular complexity index is 4140. The monoisotopic (exact) mass is 1290 g/mol.